The van der Waals surface area contributed by atoms with Gasteiger partial charge in [-0.05, 0) is 30.7 Å². The van der Waals surface area contributed by atoms with E-state index in [1.165, 1.54) is 0 Å². The van der Waals surface area contributed by atoms with Gasteiger partial charge < -0.3 is 14.2 Å². The van der Waals surface area contributed by atoms with Crippen LogP contribution in [0.2, 0.25) is 5.02 Å². The van der Waals surface area contributed by atoms with Gasteiger partial charge in [0.1, 0.15) is 18.5 Å². The second-order valence-electron chi connectivity index (χ2n) is 5.05. The maximum absolute atomic E-state index is 5.88. The van der Waals surface area contributed by atoms with Gasteiger partial charge in [-0.2, -0.15) is 0 Å². The van der Waals surface area contributed by atoms with Crippen LogP contribution in [0.1, 0.15) is 17.4 Å². The van der Waals surface area contributed by atoms with Gasteiger partial charge in [-0.3, -0.25) is 0 Å². The molecule has 0 spiro atoms. The number of hydrogen-bond acceptors (Lipinski definition) is 3. The second kappa shape index (κ2) is 6.48. The van der Waals surface area contributed by atoms with Crippen LogP contribution in [0.4, 0.5) is 0 Å². The molecule has 2 atom stereocenters. The van der Waals surface area contributed by atoms with E-state index in [0.29, 0.717) is 18.2 Å². The Hall–Kier alpha value is -1.55. The maximum Gasteiger partial charge on any atom is 0.184 e. The Bertz CT molecular complexity index is 597. The normalized spacial score (nSPS) is 21.4. The van der Waals surface area contributed by atoms with Crippen LogP contribution in [-0.4, -0.2) is 19.3 Å². The molecule has 110 valence electrons. The first-order valence-corrected chi connectivity index (χ1v) is 7.31. The van der Waals surface area contributed by atoms with E-state index in [0.717, 1.165) is 16.9 Å². The van der Waals surface area contributed by atoms with Gasteiger partial charge in [0.15, 0.2) is 6.29 Å². The fraction of sp³-hybridized carbons (Fsp3) is 0.294. The number of halogens is 1. The average molecular weight is 305 g/mol. The van der Waals surface area contributed by atoms with Crippen molar-refractivity contribution in [2.45, 2.75) is 19.3 Å². The number of rotatable bonds is 4. The van der Waals surface area contributed by atoms with Gasteiger partial charge in [0.2, 0.25) is 0 Å². The molecule has 1 heterocycles. The van der Waals surface area contributed by atoms with Crippen molar-refractivity contribution in [3.63, 3.8) is 0 Å². The van der Waals surface area contributed by atoms with E-state index in [9.17, 15) is 0 Å². The lowest BCUT2D eigenvalue weighted by molar-refractivity contribution is -0.0659. The molecule has 0 bridgehead atoms. The quantitative estimate of drug-likeness (QED) is 0.849. The van der Waals surface area contributed by atoms with E-state index in [-0.39, 0.29) is 12.4 Å². The van der Waals surface area contributed by atoms with Crippen LogP contribution in [0, 0.1) is 6.92 Å². The number of hydrogen-bond donors (Lipinski definition) is 0. The Labute approximate surface area is 129 Å². The summed E-state index contributed by atoms with van der Waals surface area (Å²) in [5, 5.41) is 0.705. The zero-order chi connectivity index (χ0) is 14.7. The van der Waals surface area contributed by atoms with Gasteiger partial charge in [-0.15, -0.1) is 0 Å². The molecule has 2 aromatic rings. The van der Waals surface area contributed by atoms with Crippen LogP contribution in [0.5, 0.6) is 5.75 Å². The summed E-state index contributed by atoms with van der Waals surface area (Å²) >= 11 is 5.88. The highest BCUT2D eigenvalue weighted by molar-refractivity contribution is 6.30. The van der Waals surface area contributed by atoms with E-state index in [1.807, 2.05) is 55.5 Å². The zero-order valence-corrected chi connectivity index (χ0v) is 12.5. The second-order valence-corrected chi connectivity index (χ2v) is 5.49. The van der Waals surface area contributed by atoms with E-state index < -0.39 is 0 Å². The molecule has 0 aromatic heterocycles. The molecule has 0 radical (unpaired) electrons. The third kappa shape index (κ3) is 3.56. The Morgan fingerprint density at radius 1 is 1.14 bits per heavy atom. The van der Waals surface area contributed by atoms with Crippen molar-refractivity contribution in [3.8, 4) is 5.75 Å². The summed E-state index contributed by atoms with van der Waals surface area (Å²) in [6.07, 6.45) is -0.405. The smallest absolute Gasteiger partial charge is 0.184 e. The van der Waals surface area contributed by atoms with Crippen LogP contribution in [0.3, 0.4) is 0 Å². The van der Waals surface area contributed by atoms with Crippen molar-refractivity contribution in [2.24, 2.45) is 0 Å². The summed E-state index contributed by atoms with van der Waals surface area (Å²) in [7, 11) is 0. The van der Waals surface area contributed by atoms with Gasteiger partial charge in [0, 0.05) is 10.6 Å². The van der Waals surface area contributed by atoms with E-state index in [2.05, 4.69) is 0 Å². The monoisotopic (exact) mass is 304 g/mol. The number of ether oxygens (including phenoxy) is 3. The largest absolute Gasteiger partial charge is 0.491 e. The average Bonchev–Trinajstić information content (AvgIpc) is 2.96. The molecule has 0 aliphatic carbocycles. The molecular formula is C17H17ClO3. The molecule has 1 aliphatic rings. The van der Waals surface area contributed by atoms with Crippen molar-refractivity contribution in [1.29, 1.82) is 0 Å². The number of aryl methyl sites for hydroxylation is 1. The number of benzene rings is 2. The molecule has 0 amide bonds. The Morgan fingerprint density at radius 2 is 1.90 bits per heavy atom. The predicted molar refractivity (Wildman–Crippen MR) is 81.7 cm³/mol. The minimum absolute atomic E-state index is 0.0646. The highest BCUT2D eigenvalue weighted by Crippen LogP contribution is 2.28. The molecule has 2 aromatic carbocycles. The summed E-state index contributed by atoms with van der Waals surface area (Å²) in [5.74, 6) is 0.885. The minimum atomic E-state index is -0.340. The van der Waals surface area contributed by atoms with Crippen LogP contribution in [0.25, 0.3) is 0 Å². The summed E-state index contributed by atoms with van der Waals surface area (Å²) in [4.78, 5) is 0. The van der Waals surface area contributed by atoms with Crippen LogP contribution in [0.15, 0.2) is 48.5 Å². The highest BCUT2D eigenvalue weighted by atomic mass is 35.5. The van der Waals surface area contributed by atoms with E-state index >= 15 is 0 Å². The minimum Gasteiger partial charge on any atom is -0.491 e. The van der Waals surface area contributed by atoms with Crippen LogP contribution >= 0.6 is 11.6 Å². The van der Waals surface area contributed by atoms with Gasteiger partial charge in [-0.1, -0.05) is 41.9 Å². The molecule has 3 nitrogen and oxygen atoms in total. The van der Waals surface area contributed by atoms with E-state index in [1.54, 1.807) is 0 Å². The number of para-hydroxylation sites is 1. The third-order valence-corrected chi connectivity index (χ3v) is 3.66. The maximum atomic E-state index is 5.88. The first-order chi connectivity index (χ1) is 10.2. The van der Waals surface area contributed by atoms with Crippen LogP contribution in [-0.2, 0) is 9.47 Å². The molecule has 4 heteroatoms. The molecule has 1 fully saturated rings. The predicted octanol–water partition coefficient (Wildman–Crippen LogP) is 4.14. The molecule has 0 N–H and O–H groups in total. The van der Waals surface area contributed by atoms with Crippen molar-refractivity contribution in [3.05, 3.63) is 64.7 Å². The lowest BCUT2D eigenvalue weighted by Crippen LogP contribution is -2.20. The summed E-state index contributed by atoms with van der Waals surface area (Å²) in [6, 6.07) is 15.4. The van der Waals surface area contributed by atoms with Gasteiger partial charge >= 0.3 is 0 Å². The third-order valence-electron chi connectivity index (χ3n) is 3.41. The molecule has 3 rings (SSSR count). The molecule has 1 aliphatic heterocycles. The first-order valence-electron chi connectivity index (χ1n) is 6.93. The van der Waals surface area contributed by atoms with Crippen molar-refractivity contribution >= 4 is 11.6 Å². The Morgan fingerprint density at radius 3 is 2.67 bits per heavy atom. The van der Waals surface area contributed by atoms with Gasteiger partial charge in [0.25, 0.3) is 0 Å². The molecule has 0 unspecified atom stereocenters. The fourth-order valence-electron chi connectivity index (χ4n) is 2.23. The van der Waals surface area contributed by atoms with Crippen molar-refractivity contribution in [1.82, 2.24) is 0 Å². The molecular weight excluding hydrogens is 288 g/mol. The van der Waals surface area contributed by atoms with Crippen LogP contribution < -0.4 is 4.74 Å². The SMILES string of the molecule is Cc1ccccc1OC[C@@H]1CO[C@H](c2ccc(Cl)cc2)O1. The Balaban J connectivity index is 1.55. The highest BCUT2D eigenvalue weighted by Gasteiger charge is 2.27. The summed E-state index contributed by atoms with van der Waals surface area (Å²) < 4.78 is 17.3. The Kier molecular flexibility index (Phi) is 4.44. The standard InChI is InChI=1S/C17H17ClO3/c1-12-4-2-3-5-16(12)19-10-15-11-20-17(21-15)13-6-8-14(18)9-7-13/h2-9,15,17H,10-11H2,1H3/t15-,17+/m1/s1. The van der Waals surface area contributed by atoms with Gasteiger partial charge in [-0.25, -0.2) is 0 Å². The molecule has 21 heavy (non-hydrogen) atoms. The zero-order valence-electron chi connectivity index (χ0n) is 11.8. The van der Waals surface area contributed by atoms with Crippen molar-refractivity contribution in [2.75, 3.05) is 13.2 Å². The fourth-order valence-corrected chi connectivity index (χ4v) is 2.36. The topological polar surface area (TPSA) is 27.7 Å². The lowest BCUT2D eigenvalue weighted by Gasteiger charge is -2.14. The summed E-state index contributed by atoms with van der Waals surface area (Å²) in [6.45, 7) is 3.03. The first kappa shape index (κ1) is 14.4. The van der Waals surface area contributed by atoms with Crippen molar-refractivity contribution < 1.29 is 14.2 Å². The molecule has 1 saturated heterocycles. The van der Waals surface area contributed by atoms with Gasteiger partial charge in [0.05, 0.1) is 6.61 Å². The lowest BCUT2D eigenvalue weighted by atomic mass is 10.2. The van der Waals surface area contributed by atoms with E-state index in [4.69, 9.17) is 25.8 Å². The summed E-state index contributed by atoms with van der Waals surface area (Å²) in [5.41, 5.74) is 2.09. The molecule has 0 saturated carbocycles.